The van der Waals surface area contributed by atoms with E-state index in [1.807, 2.05) is 6.07 Å². The number of nitrogens with two attached hydrogens (primary N) is 1. The molecule has 0 bridgehead atoms. The Morgan fingerprint density at radius 2 is 1.24 bits per heavy atom. The van der Waals surface area contributed by atoms with Crippen LogP contribution in [-0.4, -0.2) is 29.9 Å². The number of primary amides is 1. The summed E-state index contributed by atoms with van der Waals surface area (Å²) in [5, 5.41) is 0. The van der Waals surface area contributed by atoms with Crippen LogP contribution in [0.2, 0.25) is 0 Å². The zero-order valence-corrected chi connectivity index (χ0v) is 15.8. The van der Waals surface area contributed by atoms with Gasteiger partial charge < -0.3 is 10.6 Å². The van der Waals surface area contributed by atoms with Gasteiger partial charge in [-0.2, -0.15) is 0 Å². The van der Waals surface area contributed by atoms with Gasteiger partial charge in [0.15, 0.2) is 0 Å². The summed E-state index contributed by atoms with van der Waals surface area (Å²) in [6.45, 7) is 2.79. The first-order valence-corrected chi connectivity index (χ1v) is 10.4. The Bertz CT molecular complexity index is 438. The van der Waals surface area contributed by atoms with Crippen LogP contribution in [0.3, 0.4) is 0 Å². The topological polar surface area (TPSA) is 46.3 Å². The molecule has 1 saturated heterocycles. The zero-order valence-electron chi connectivity index (χ0n) is 15.8. The summed E-state index contributed by atoms with van der Waals surface area (Å²) in [4.78, 5) is 13.3. The molecule has 2 aliphatic rings. The molecule has 1 heterocycles. The average Bonchev–Trinajstić information content (AvgIpc) is 2.57. The first-order valence-electron chi connectivity index (χ1n) is 10.4. The molecule has 1 aromatic rings. The third kappa shape index (κ3) is 8.04. The molecule has 25 heavy (non-hydrogen) atoms. The fourth-order valence-electron chi connectivity index (χ4n) is 4.04. The minimum Gasteiger partial charge on any atom is -0.366 e. The molecule has 1 aromatic carbocycles. The van der Waals surface area contributed by atoms with Gasteiger partial charge in [0.05, 0.1) is 0 Å². The smallest absolute Gasteiger partial charge is 0.248 e. The van der Waals surface area contributed by atoms with Gasteiger partial charge in [0.2, 0.25) is 5.91 Å². The molecule has 2 N–H and O–H groups in total. The Morgan fingerprint density at radius 3 is 1.72 bits per heavy atom. The molecule has 1 aliphatic heterocycles. The van der Waals surface area contributed by atoms with E-state index in [-0.39, 0.29) is 5.91 Å². The highest BCUT2D eigenvalue weighted by molar-refractivity contribution is 5.92. The van der Waals surface area contributed by atoms with E-state index in [0.717, 1.165) is 6.04 Å². The highest BCUT2D eigenvalue weighted by Crippen LogP contribution is 2.23. The fraction of sp³-hybridized carbons (Fsp3) is 0.682. The van der Waals surface area contributed by atoms with E-state index < -0.39 is 0 Å². The predicted octanol–water partition coefficient (Wildman–Crippen LogP) is 5.15. The molecule has 3 nitrogen and oxygen atoms in total. The lowest BCUT2D eigenvalue weighted by molar-refractivity contribution is 0.100. The molecular weight excluding hydrogens is 308 g/mol. The second-order valence-corrected chi connectivity index (χ2v) is 7.53. The van der Waals surface area contributed by atoms with E-state index in [9.17, 15) is 4.79 Å². The average molecular weight is 345 g/mol. The second kappa shape index (κ2) is 12.1. The van der Waals surface area contributed by atoms with Gasteiger partial charge in [0.1, 0.15) is 0 Å². The molecule has 3 heteroatoms. The number of rotatable bonds is 2. The van der Waals surface area contributed by atoms with E-state index in [1.165, 1.54) is 90.1 Å². The molecule has 0 spiro atoms. The minimum atomic E-state index is -0.379. The summed E-state index contributed by atoms with van der Waals surface area (Å²) in [6, 6.07) is 9.70. The summed E-state index contributed by atoms with van der Waals surface area (Å²) >= 11 is 0. The third-order valence-corrected chi connectivity index (χ3v) is 5.54. The van der Waals surface area contributed by atoms with Crippen molar-refractivity contribution in [3.05, 3.63) is 35.9 Å². The van der Waals surface area contributed by atoms with Crippen LogP contribution in [0.1, 0.15) is 87.4 Å². The predicted molar refractivity (Wildman–Crippen MR) is 106 cm³/mol. The SMILES string of the molecule is C1CCCC(N2CCCCCCC2)CCC1.NC(=O)c1ccccc1. The molecule has 0 atom stereocenters. The number of likely N-dealkylation sites (tertiary alicyclic amines) is 1. The molecule has 1 amide bonds. The van der Waals surface area contributed by atoms with Crippen LogP contribution in [0.5, 0.6) is 0 Å². The van der Waals surface area contributed by atoms with Gasteiger partial charge >= 0.3 is 0 Å². The van der Waals surface area contributed by atoms with Crippen LogP contribution in [0, 0.1) is 0 Å². The molecule has 0 unspecified atom stereocenters. The molecule has 0 aromatic heterocycles. The van der Waals surface area contributed by atoms with E-state index >= 15 is 0 Å². The Kier molecular flexibility index (Phi) is 9.65. The molecule has 2 fully saturated rings. The number of amides is 1. The maximum Gasteiger partial charge on any atom is 0.248 e. The molecular formula is C22H36N2O. The largest absolute Gasteiger partial charge is 0.366 e. The first kappa shape index (κ1) is 20.0. The summed E-state index contributed by atoms with van der Waals surface area (Å²) in [6.07, 6.45) is 17.8. The molecule has 1 saturated carbocycles. The van der Waals surface area contributed by atoms with E-state index in [0.29, 0.717) is 5.56 Å². The lowest BCUT2D eigenvalue weighted by Gasteiger charge is -2.34. The number of carbonyl (C=O) groups excluding carboxylic acids is 1. The van der Waals surface area contributed by atoms with Crippen LogP contribution >= 0.6 is 0 Å². The van der Waals surface area contributed by atoms with Gasteiger partial charge in [-0.15, -0.1) is 0 Å². The Labute approximate surface area is 154 Å². The summed E-state index contributed by atoms with van der Waals surface area (Å²) in [5.41, 5.74) is 5.53. The Morgan fingerprint density at radius 1 is 0.760 bits per heavy atom. The monoisotopic (exact) mass is 344 g/mol. The van der Waals surface area contributed by atoms with E-state index in [1.54, 1.807) is 24.3 Å². The van der Waals surface area contributed by atoms with Crippen molar-refractivity contribution in [2.24, 2.45) is 5.73 Å². The van der Waals surface area contributed by atoms with Gasteiger partial charge in [-0.25, -0.2) is 0 Å². The number of benzene rings is 1. The van der Waals surface area contributed by atoms with Crippen molar-refractivity contribution >= 4 is 5.91 Å². The van der Waals surface area contributed by atoms with Crippen molar-refractivity contribution in [1.29, 1.82) is 0 Å². The number of hydrogen-bond acceptors (Lipinski definition) is 2. The maximum absolute atomic E-state index is 10.4. The standard InChI is InChI=1S/C15H29N.C7H7NO/c1-3-7-11-15(12-8-4-1)16-13-9-5-2-6-10-14-16;8-7(9)6-4-2-1-3-5-6/h15H,1-14H2;1-5H,(H2,8,9). The van der Waals surface area contributed by atoms with Crippen LogP contribution < -0.4 is 5.73 Å². The van der Waals surface area contributed by atoms with Crippen molar-refractivity contribution in [3.8, 4) is 0 Å². The van der Waals surface area contributed by atoms with Crippen LogP contribution in [-0.2, 0) is 0 Å². The fourth-order valence-corrected chi connectivity index (χ4v) is 4.04. The highest BCUT2D eigenvalue weighted by atomic mass is 16.1. The van der Waals surface area contributed by atoms with Gasteiger partial charge in [0, 0.05) is 11.6 Å². The van der Waals surface area contributed by atoms with Crippen LogP contribution in [0.4, 0.5) is 0 Å². The molecule has 1 aliphatic carbocycles. The lowest BCUT2D eigenvalue weighted by atomic mass is 9.94. The van der Waals surface area contributed by atoms with Crippen LogP contribution in [0.25, 0.3) is 0 Å². The van der Waals surface area contributed by atoms with E-state index in [4.69, 9.17) is 5.73 Å². The number of hydrogen-bond donors (Lipinski definition) is 1. The third-order valence-electron chi connectivity index (χ3n) is 5.54. The van der Waals surface area contributed by atoms with Gasteiger partial charge in [-0.3, -0.25) is 4.79 Å². The number of carbonyl (C=O) groups is 1. The highest BCUT2D eigenvalue weighted by Gasteiger charge is 2.19. The molecule has 0 radical (unpaired) electrons. The number of nitrogens with zero attached hydrogens (tertiary/aromatic N) is 1. The van der Waals surface area contributed by atoms with E-state index in [2.05, 4.69) is 4.90 Å². The normalized spacial score (nSPS) is 21.0. The van der Waals surface area contributed by atoms with Crippen molar-refractivity contribution in [3.63, 3.8) is 0 Å². The maximum atomic E-state index is 10.4. The molecule has 3 rings (SSSR count). The van der Waals surface area contributed by atoms with Gasteiger partial charge in [-0.05, 0) is 50.9 Å². The van der Waals surface area contributed by atoms with Crippen molar-refractivity contribution < 1.29 is 4.79 Å². The summed E-state index contributed by atoms with van der Waals surface area (Å²) in [5.74, 6) is -0.379. The second-order valence-electron chi connectivity index (χ2n) is 7.53. The van der Waals surface area contributed by atoms with Crippen molar-refractivity contribution in [1.82, 2.24) is 4.90 Å². The minimum absolute atomic E-state index is 0.379. The van der Waals surface area contributed by atoms with Crippen molar-refractivity contribution in [2.45, 2.75) is 83.1 Å². The Hall–Kier alpha value is -1.35. The lowest BCUT2D eigenvalue weighted by Crippen LogP contribution is -2.38. The summed E-state index contributed by atoms with van der Waals surface area (Å²) in [7, 11) is 0. The summed E-state index contributed by atoms with van der Waals surface area (Å²) < 4.78 is 0. The molecule has 140 valence electrons. The van der Waals surface area contributed by atoms with Gasteiger partial charge in [-0.1, -0.05) is 69.6 Å². The van der Waals surface area contributed by atoms with Crippen molar-refractivity contribution in [2.75, 3.05) is 13.1 Å². The quantitative estimate of drug-likeness (QED) is 0.806. The first-order chi connectivity index (χ1) is 12.3. The van der Waals surface area contributed by atoms with Gasteiger partial charge in [0.25, 0.3) is 0 Å². The zero-order chi connectivity index (χ0) is 17.7. The van der Waals surface area contributed by atoms with Crippen LogP contribution in [0.15, 0.2) is 30.3 Å². The Balaban J connectivity index is 0.000000212.